The molecule has 0 radical (unpaired) electrons. The molecule has 0 bridgehead atoms. The van der Waals surface area contributed by atoms with Crippen LogP contribution in [0.1, 0.15) is 11.1 Å². The van der Waals surface area contributed by atoms with Gasteiger partial charge in [0.25, 0.3) is 0 Å². The summed E-state index contributed by atoms with van der Waals surface area (Å²) in [5, 5.41) is 6.52. The maximum absolute atomic E-state index is 15.1. The topological polar surface area (TPSA) is 75.7 Å². The molecule has 7 nitrogen and oxygen atoms in total. The fraction of sp³-hybridized carbons (Fsp3) is 0.182. The SMILES string of the molecule is O=C(Cc1ccccc1)NC(=S)Nc1ccc(Oc2nccc3cc(-c4ccc(CN5CCOCC5)cc4)sc23)c(F)c1. The Morgan fingerprint density at radius 3 is 2.56 bits per heavy atom. The van der Waals surface area contributed by atoms with E-state index in [2.05, 4.69) is 50.8 Å². The Morgan fingerprint density at radius 1 is 1.00 bits per heavy atom. The molecule has 218 valence electrons. The fourth-order valence-electron chi connectivity index (χ4n) is 4.83. The Kier molecular flexibility index (Phi) is 8.99. The molecule has 0 saturated carbocycles. The van der Waals surface area contributed by atoms with Gasteiger partial charge < -0.3 is 20.1 Å². The van der Waals surface area contributed by atoms with E-state index in [0.29, 0.717) is 11.6 Å². The Bertz CT molecular complexity index is 1740. The Balaban J connectivity index is 1.10. The summed E-state index contributed by atoms with van der Waals surface area (Å²) in [6.45, 7) is 4.38. The first-order chi connectivity index (χ1) is 21.0. The van der Waals surface area contributed by atoms with Crippen molar-refractivity contribution in [3.05, 3.63) is 108 Å². The highest BCUT2D eigenvalue weighted by molar-refractivity contribution is 7.80. The largest absolute Gasteiger partial charge is 0.435 e. The Morgan fingerprint density at radius 2 is 1.79 bits per heavy atom. The van der Waals surface area contributed by atoms with Gasteiger partial charge in [0, 0.05) is 47.8 Å². The van der Waals surface area contributed by atoms with Gasteiger partial charge in [0.1, 0.15) is 0 Å². The second-order valence-electron chi connectivity index (χ2n) is 10.1. The van der Waals surface area contributed by atoms with Crippen LogP contribution in [0.5, 0.6) is 11.6 Å². The standard InChI is InChI=1S/C33H29FN4O3S2/c34-27-20-26(36-33(42)37-30(39)18-22-4-2-1-3-5-22)10-11-28(27)41-32-31-25(12-13-35-32)19-29(43-31)24-8-6-23(7-9-24)21-38-14-16-40-17-15-38/h1-13,19-20H,14-18,21H2,(H2,36,37,39,42). The van der Waals surface area contributed by atoms with E-state index in [-0.39, 0.29) is 23.2 Å². The number of thiocarbonyl (C=S) groups is 1. The minimum absolute atomic E-state index is 0.0343. The predicted octanol–water partition coefficient (Wildman–Crippen LogP) is 6.78. The minimum atomic E-state index is -0.588. The summed E-state index contributed by atoms with van der Waals surface area (Å²) in [5.41, 5.74) is 3.62. The number of morpholine rings is 1. The number of carbonyl (C=O) groups excluding carboxylic acids is 1. The van der Waals surface area contributed by atoms with Gasteiger partial charge in [0.05, 0.1) is 24.3 Å². The van der Waals surface area contributed by atoms with Gasteiger partial charge in [-0.2, -0.15) is 0 Å². The van der Waals surface area contributed by atoms with E-state index in [1.165, 1.54) is 17.7 Å². The molecule has 3 aromatic carbocycles. The summed E-state index contributed by atoms with van der Waals surface area (Å²) >= 11 is 6.79. The molecule has 10 heteroatoms. The number of rotatable bonds is 8. The average Bonchev–Trinajstić information content (AvgIpc) is 3.45. The number of hydrogen-bond acceptors (Lipinski definition) is 7. The van der Waals surface area contributed by atoms with Crippen LogP contribution in [0.3, 0.4) is 0 Å². The van der Waals surface area contributed by atoms with Gasteiger partial charge in [-0.05, 0) is 53.2 Å². The number of ether oxygens (including phenoxy) is 2. The van der Waals surface area contributed by atoms with Gasteiger partial charge in [-0.3, -0.25) is 9.69 Å². The van der Waals surface area contributed by atoms with E-state index in [1.807, 2.05) is 36.4 Å². The number of nitrogens with zero attached hydrogens (tertiary/aromatic N) is 2. The number of thiophene rings is 1. The van der Waals surface area contributed by atoms with Crippen LogP contribution in [0.2, 0.25) is 0 Å². The molecule has 1 saturated heterocycles. The molecule has 3 heterocycles. The molecule has 0 aliphatic carbocycles. The second kappa shape index (κ2) is 13.4. The highest BCUT2D eigenvalue weighted by atomic mass is 32.1. The van der Waals surface area contributed by atoms with Gasteiger partial charge >= 0.3 is 0 Å². The molecule has 0 atom stereocenters. The first kappa shape index (κ1) is 28.9. The van der Waals surface area contributed by atoms with E-state index >= 15 is 4.39 Å². The molecule has 6 rings (SSSR count). The van der Waals surface area contributed by atoms with Gasteiger partial charge in [-0.1, -0.05) is 54.6 Å². The second-order valence-corrected chi connectivity index (χ2v) is 11.6. The molecule has 1 fully saturated rings. The molecule has 1 aliphatic rings. The third-order valence-electron chi connectivity index (χ3n) is 7.01. The van der Waals surface area contributed by atoms with E-state index in [4.69, 9.17) is 21.7 Å². The molecule has 1 amide bonds. The predicted molar refractivity (Wildman–Crippen MR) is 172 cm³/mol. The first-order valence-electron chi connectivity index (χ1n) is 13.9. The number of benzene rings is 3. The summed E-state index contributed by atoms with van der Waals surface area (Å²) < 4.78 is 27.3. The normalized spacial score (nSPS) is 13.5. The van der Waals surface area contributed by atoms with E-state index in [1.54, 1.807) is 23.6 Å². The van der Waals surface area contributed by atoms with Crippen molar-refractivity contribution < 1.29 is 18.7 Å². The molecule has 0 spiro atoms. The number of amides is 1. The van der Waals surface area contributed by atoms with E-state index in [0.717, 1.165) is 58.9 Å². The third kappa shape index (κ3) is 7.41. The zero-order chi connectivity index (χ0) is 29.6. The van der Waals surface area contributed by atoms with Gasteiger partial charge in [0.15, 0.2) is 16.7 Å². The molecule has 5 aromatic rings. The van der Waals surface area contributed by atoms with Crippen molar-refractivity contribution in [1.29, 1.82) is 0 Å². The lowest BCUT2D eigenvalue weighted by atomic mass is 10.1. The number of fused-ring (bicyclic) bond motifs is 1. The number of nitrogens with one attached hydrogen (secondary N) is 2. The van der Waals surface area contributed by atoms with Crippen LogP contribution in [-0.2, 0) is 22.5 Å². The number of pyridine rings is 1. The molecular weight excluding hydrogens is 584 g/mol. The number of aromatic nitrogens is 1. The van der Waals surface area contributed by atoms with E-state index < -0.39 is 5.82 Å². The smallest absolute Gasteiger partial charge is 0.237 e. The summed E-state index contributed by atoms with van der Waals surface area (Å²) in [6, 6.07) is 26.4. The summed E-state index contributed by atoms with van der Waals surface area (Å²) in [6.07, 6.45) is 1.84. The Labute approximate surface area is 258 Å². The van der Waals surface area contributed by atoms with Crippen LogP contribution >= 0.6 is 23.6 Å². The van der Waals surface area contributed by atoms with Gasteiger partial charge in [-0.15, -0.1) is 11.3 Å². The van der Waals surface area contributed by atoms with Crippen molar-refractivity contribution in [2.75, 3.05) is 31.6 Å². The van der Waals surface area contributed by atoms with Crippen molar-refractivity contribution in [3.8, 4) is 22.1 Å². The Hall–Kier alpha value is -4.22. The van der Waals surface area contributed by atoms with Crippen LogP contribution in [0.25, 0.3) is 20.5 Å². The highest BCUT2D eigenvalue weighted by Gasteiger charge is 2.15. The van der Waals surface area contributed by atoms with E-state index in [9.17, 15) is 4.79 Å². The molecule has 0 unspecified atom stereocenters. The van der Waals surface area contributed by atoms with Crippen LogP contribution in [0, 0.1) is 5.82 Å². The van der Waals surface area contributed by atoms with Crippen LogP contribution in [-0.4, -0.2) is 47.2 Å². The van der Waals surface area contributed by atoms with Crippen molar-refractivity contribution in [3.63, 3.8) is 0 Å². The van der Waals surface area contributed by atoms with Crippen LogP contribution in [0.15, 0.2) is 91.1 Å². The summed E-state index contributed by atoms with van der Waals surface area (Å²) in [4.78, 5) is 20.1. The summed E-state index contributed by atoms with van der Waals surface area (Å²) in [5.74, 6) is -0.481. The molecular formula is C33H29FN4O3S2. The van der Waals surface area contributed by atoms with Crippen LogP contribution < -0.4 is 15.4 Å². The molecule has 2 aromatic heterocycles. The monoisotopic (exact) mass is 612 g/mol. The lowest BCUT2D eigenvalue weighted by molar-refractivity contribution is -0.119. The van der Waals surface area contributed by atoms with Gasteiger partial charge in [-0.25, -0.2) is 9.37 Å². The van der Waals surface area contributed by atoms with Crippen molar-refractivity contribution in [2.24, 2.45) is 0 Å². The maximum atomic E-state index is 15.1. The maximum Gasteiger partial charge on any atom is 0.237 e. The number of hydrogen-bond donors (Lipinski definition) is 2. The van der Waals surface area contributed by atoms with Crippen molar-refractivity contribution >= 4 is 50.3 Å². The lowest BCUT2D eigenvalue weighted by Crippen LogP contribution is -2.35. The number of carbonyl (C=O) groups is 1. The van der Waals surface area contributed by atoms with Crippen molar-refractivity contribution in [2.45, 2.75) is 13.0 Å². The number of anilines is 1. The van der Waals surface area contributed by atoms with Gasteiger partial charge in [0.2, 0.25) is 11.8 Å². The molecule has 1 aliphatic heterocycles. The third-order valence-corrected chi connectivity index (χ3v) is 8.40. The number of halogens is 1. The molecule has 43 heavy (non-hydrogen) atoms. The van der Waals surface area contributed by atoms with Crippen molar-refractivity contribution in [1.82, 2.24) is 15.2 Å². The average molecular weight is 613 g/mol. The highest BCUT2D eigenvalue weighted by Crippen LogP contribution is 2.39. The zero-order valence-corrected chi connectivity index (χ0v) is 24.8. The van der Waals surface area contributed by atoms with Crippen LogP contribution in [0.4, 0.5) is 10.1 Å². The summed E-state index contributed by atoms with van der Waals surface area (Å²) in [7, 11) is 0. The quantitative estimate of drug-likeness (QED) is 0.187. The fourth-order valence-corrected chi connectivity index (χ4v) is 6.14. The molecule has 2 N–H and O–H groups in total. The lowest BCUT2D eigenvalue weighted by Gasteiger charge is -2.26. The zero-order valence-electron chi connectivity index (χ0n) is 23.2. The first-order valence-corrected chi connectivity index (χ1v) is 15.1. The minimum Gasteiger partial charge on any atom is -0.435 e.